The highest BCUT2D eigenvalue weighted by Crippen LogP contribution is 2.27. The lowest BCUT2D eigenvalue weighted by Crippen LogP contribution is -2.20. The molecule has 19 heavy (non-hydrogen) atoms. The average Bonchev–Trinajstić information content (AvgIpc) is 2.27. The summed E-state index contributed by atoms with van der Waals surface area (Å²) >= 11 is 0. The smallest absolute Gasteiger partial charge is 0.126 e. The van der Waals surface area contributed by atoms with Crippen molar-refractivity contribution in [2.45, 2.75) is 41.2 Å². The van der Waals surface area contributed by atoms with Crippen LogP contribution in [0.4, 0.5) is 17.1 Å². The summed E-state index contributed by atoms with van der Waals surface area (Å²) in [5, 5.41) is 10.1. The lowest BCUT2D eigenvalue weighted by atomic mass is 10.2. The second kappa shape index (κ2) is 8.40. The number of ketones is 1. The van der Waals surface area contributed by atoms with E-state index in [1.54, 1.807) is 0 Å². The van der Waals surface area contributed by atoms with Gasteiger partial charge in [-0.3, -0.25) is 0 Å². The first-order valence-electron chi connectivity index (χ1n) is 6.34. The number of rotatable bonds is 2. The fourth-order valence-corrected chi connectivity index (χ4v) is 1.66. The van der Waals surface area contributed by atoms with Crippen LogP contribution in [0.15, 0.2) is 18.2 Å². The van der Waals surface area contributed by atoms with E-state index >= 15 is 0 Å². The maximum atomic E-state index is 9.44. The Morgan fingerprint density at radius 2 is 1.68 bits per heavy atom. The van der Waals surface area contributed by atoms with Crippen molar-refractivity contribution in [3.05, 3.63) is 18.2 Å². The Morgan fingerprint density at radius 3 is 2.21 bits per heavy atom. The van der Waals surface area contributed by atoms with Crippen LogP contribution in [0.2, 0.25) is 0 Å². The molecule has 0 atom stereocenters. The van der Waals surface area contributed by atoms with Gasteiger partial charge < -0.3 is 20.7 Å². The first kappa shape index (κ1) is 17.3. The molecule has 0 saturated carbocycles. The highest BCUT2D eigenvalue weighted by molar-refractivity contribution is 5.75. The minimum atomic E-state index is 0. The van der Waals surface area contributed by atoms with Gasteiger partial charge in [0.05, 0.1) is 11.4 Å². The van der Waals surface area contributed by atoms with Gasteiger partial charge in [0.2, 0.25) is 0 Å². The third kappa shape index (κ3) is 6.70. The van der Waals surface area contributed by atoms with Crippen molar-refractivity contribution < 1.29 is 4.79 Å². The van der Waals surface area contributed by atoms with Crippen molar-refractivity contribution in [1.29, 1.82) is 0 Å². The summed E-state index contributed by atoms with van der Waals surface area (Å²) in [6.07, 6.45) is 0. The van der Waals surface area contributed by atoms with E-state index in [0.29, 0.717) is 6.04 Å². The van der Waals surface area contributed by atoms with Crippen molar-refractivity contribution in [3.8, 4) is 0 Å². The number of anilines is 3. The molecule has 1 aliphatic rings. The van der Waals surface area contributed by atoms with E-state index in [1.807, 2.05) is 0 Å². The Labute approximate surface area is 117 Å². The normalized spacial score (nSPS) is 11.8. The largest absolute Gasteiger partial charge is 0.383 e. The van der Waals surface area contributed by atoms with Crippen molar-refractivity contribution >= 4 is 22.8 Å². The number of hydrogen-bond acceptors (Lipinski definition) is 4. The van der Waals surface area contributed by atoms with Gasteiger partial charge in [0.15, 0.2) is 0 Å². The Hall–Kier alpha value is -1.71. The molecule has 0 aliphatic carbocycles. The summed E-state index contributed by atoms with van der Waals surface area (Å²) < 4.78 is 0. The zero-order valence-corrected chi connectivity index (χ0v) is 11.6. The minimum Gasteiger partial charge on any atom is -0.383 e. The third-order valence-corrected chi connectivity index (χ3v) is 2.23. The molecule has 1 heterocycles. The molecule has 0 aromatic heterocycles. The topological polar surface area (TPSA) is 53.2 Å². The van der Waals surface area contributed by atoms with Gasteiger partial charge in [-0.05, 0) is 45.9 Å². The maximum absolute atomic E-state index is 9.44. The first-order valence-corrected chi connectivity index (χ1v) is 6.34. The highest BCUT2D eigenvalue weighted by atomic mass is 16.1. The third-order valence-electron chi connectivity index (χ3n) is 2.23. The second-order valence-corrected chi connectivity index (χ2v) is 4.82. The van der Waals surface area contributed by atoms with Crippen molar-refractivity contribution in [3.63, 3.8) is 0 Å². The number of hydrogen-bond donors (Lipinski definition) is 3. The van der Waals surface area contributed by atoms with Crippen LogP contribution >= 0.6 is 0 Å². The van der Waals surface area contributed by atoms with Gasteiger partial charge in [-0.15, -0.1) is 0 Å². The SMILES string of the molecule is C.CC(C)=O.CC(C)Nc1ccc2c(c1)NCCN2. The molecule has 4 heteroatoms. The Morgan fingerprint density at radius 1 is 1.16 bits per heavy atom. The number of fused-ring (bicyclic) bond motifs is 1. The molecular weight excluding hydrogens is 238 g/mol. The van der Waals surface area contributed by atoms with Crippen molar-refractivity contribution in [1.82, 2.24) is 0 Å². The van der Waals surface area contributed by atoms with Crippen LogP contribution in [0.1, 0.15) is 35.1 Å². The van der Waals surface area contributed by atoms with E-state index < -0.39 is 0 Å². The van der Waals surface area contributed by atoms with E-state index in [9.17, 15) is 4.79 Å². The minimum absolute atomic E-state index is 0. The van der Waals surface area contributed by atoms with Crippen LogP contribution in [-0.2, 0) is 4.79 Å². The molecule has 0 unspecified atom stereocenters. The van der Waals surface area contributed by atoms with Crippen molar-refractivity contribution in [2.24, 2.45) is 0 Å². The molecule has 0 amide bonds. The maximum Gasteiger partial charge on any atom is 0.126 e. The Kier molecular flexibility index (Phi) is 7.65. The molecule has 0 fully saturated rings. The number of Topliss-reactive ketones (excluding diaryl/α,β-unsaturated/α-hetero) is 1. The summed E-state index contributed by atoms with van der Waals surface area (Å²) in [7, 11) is 0. The first-order chi connectivity index (χ1) is 8.49. The molecule has 1 aromatic carbocycles. The number of carbonyl (C=O) groups is 1. The molecule has 3 N–H and O–H groups in total. The fourth-order valence-electron chi connectivity index (χ4n) is 1.66. The molecule has 0 spiro atoms. The van der Waals surface area contributed by atoms with Crippen LogP contribution in [0.25, 0.3) is 0 Å². The molecule has 0 radical (unpaired) electrons. The van der Waals surface area contributed by atoms with E-state index in [1.165, 1.54) is 30.9 Å². The fraction of sp³-hybridized carbons (Fsp3) is 0.533. The molecule has 2 rings (SSSR count). The monoisotopic (exact) mass is 265 g/mol. The zero-order chi connectivity index (χ0) is 13.5. The average molecular weight is 265 g/mol. The van der Waals surface area contributed by atoms with Gasteiger partial charge in [-0.1, -0.05) is 7.43 Å². The van der Waals surface area contributed by atoms with E-state index in [-0.39, 0.29) is 13.2 Å². The molecule has 0 bridgehead atoms. The van der Waals surface area contributed by atoms with Crippen LogP contribution < -0.4 is 16.0 Å². The number of nitrogens with one attached hydrogen (secondary N) is 3. The van der Waals surface area contributed by atoms with Gasteiger partial charge >= 0.3 is 0 Å². The van der Waals surface area contributed by atoms with E-state index in [0.717, 1.165) is 13.1 Å². The highest BCUT2D eigenvalue weighted by Gasteiger charge is 2.07. The van der Waals surface area contributed by atoms with Crippen LogP contribution in [0.3, 0.4) is 0 Å². The van der Waals surface area contributed by atoms with Crippen molar-refractivity contribution in [2.75, 3.05) is 29.0 Å². The summed E-state index contributed by atoms with van der Waals surface area (Å²) in [4.78, 5) is 9.44. The number of carbonyl (C=O) groups excluding carboxylic acids is 1. The predicted molar refractivity (Wildman–Crippen MR) is 85.3 cm³/mol. The molecule has 0 saturated heterocycles. The Balaban J connectivity index is 0.000000576. The number of benzene rings is 1. The van der Waals surface area contributed by atoms with E-state index in [2.05, 4.69) is 48.0 Å². The second-order valence-electron chi connectivity index (χ2n) is 4.82. The molecule has 1 aliphatic heterocycles. The van der Waals surface area contributed by atoms with Gasteiger partial charge in [0.1, 0.15) is 5.78 Å². The van der Waals surface area contributed by atoms with Crippen LogP contribution in [0.5, 0.6) is 0 Å². The summed E-state index contributed by atoms with van der Waals surface area (Å²) in [6.45, 7) is 9.35. The standard InChI is InChI=1S/C11H17N3.C3H6O.CH4/c1-8(2)14-9-3-4-10-11(7-9)13-6-5-12-10;1-3(2)4;/h3-4,7-8,12-14H,5-6H2,1-2H3;1-2H3;1H4. The van der Waals surface area contributed by atoms with Crippen LogP contribution in [-0.4, -0.2) is 24.9 Å². The molecular formula is C15H27N3O. The molecule has 108 valence electrons. The van der Waals surface area contributed by atoms with E-state index in [4.69, 9.17) is 0 Å². The zero-order valence-electron chi connectivity index (χ0n) is 11.6. The summed E-state index contributed by atoms with van der Waals surface area (Å²) in [5.41, 5.74) is 3.57. The quantitative estimate of drug-likeness (QED) is 0.765. The lowest BCUT2D eigenvalue weighted by Gasteiger charge is -2.21. The Bertz CT molecular complexity index is 398. The molecule has 1 aromatic rings. The van der Waals surface area contributed by atoms with Gasteiger partial charge in [0.25, 0.3) is 0 Å². The van der Waals surface area contributed by atoms with Gasteiger partial charge in [-0.2, -0.15) is 0 Å². The molecule has 4 nitrogen and oxygen atoms in total. The van der Waals surface area contributed by atoms with Gasteiger partial charge in [0, 0.05) is 24.8 Å². The summed E-state index contributed by atoms with van der Waals surface area (Å²) in [5.74, 6) is 0.167. The summed E-state index contributed by atoms with van der Waals surface area (Å²) in [6, 6.07) is 6.86. The predicted octanol–water partition coefficient (Wildman–Crippen LogP) is 3.58. The lowest BCUT2D eigenvalue weighted by molar-refractivity contribution is -0.114. The van der Waals surface area contributed by atoms with Crippen LogP contribution in [0, 0.1) is 0 Å². The van der Waals surface area contributed by atoms with Gasteiger partial charge in [-0.25, -0.2) is 0 Å².